The number of ether oxygens (including phenoxy) is 2. The second-order valence-electron chi connectivity index (χ2n) is 7.07. The third-order valence-electron chi connectivity index (χ3n) is 4.89. The first-order chi connectivity index (χ1) is 14.3. The monoisotopic (exact) mass is 432 g/mol. The molecule has 0 saturated carbocycles. The van der Waals surface area contributed by atoms with E-state index in [1.54, 1.807) is 44.4 Å². The molecular weight excluding hydrogens is 404 g/mol. The molecule has 0 spiro atoms. The first-order valence-corrected chi connectivity index (χ1v) is 10.3. The Labute approximate surface area is 183 Å². The van der Waals surface area contributed by atoms with Crippen LogP contribution in [0.1, 0.15) is 32.8 Å². The number of methoxy groups -OCH3 is 1. The number of nitrogens with one attached hydrogen (secondary N) is 1. The van der Waals surface area contributed by atoms with Crippen molar-refractivity contribution < 1.29 is 19.1 Å². The molecule has 2 unspecified atom stereocenters. The van der Waals surface area contributed by atoms with E-state index in [-0.39, 0.29) is 31.0 Å². The number of benzene rings is 2. The number of carbonyl (C=O) groups excluding carboxylic acids is 2. The summed E-state index contributed by atoms with van der Waals surface area (Å²) in [5.41, 5.74) is 0.764. The second kappa shape index (κ2) is 11.5. The molecule has 0 saturated heterocycles. The van der Waals surface area contributed by atoms with E-state index in [0.717, 1.165) is 12.0 Å². The van der Waals surface area contributed by atoms with Crippen molar-refractivity contribution in [3.8, 4) is 11.5 Å². The van der Waals surface area contributed by atoms with E-state index >= 15 is 0 Å². The average molecular weight is 433 g/mol. The van der Waals surface area contributed by atoms with Gasteiger partial charge >= 0.3 is 0 Å². The molecule has 0 aromatic heterocycles. The number of hydrogen-bond acceptors (Lipinski definition) is 4. The SMILES string of the molecule is CCC(C)NC(=O)C(C)N(Cc1ccccc1Cl)C(=O)COc1ccc(OC)cc1. The van der Waals surface area contributed by atoms with E-state index in [4.69, 9.17) is 21.1 Å². The van der Waals surface area contributed by atoms with Gasteiger partial charge in [0.1, 0.15) is 17.5 Å². The summed E-state index contributed by atoms with van der Waals surface area (Å²) < 4.78 is 10.8. The van der Waals surface area contributed by atoms with Crippen LogP contribution in [-0.4, -0.2) is 42.5 Å². The lowest BCUT2D eigenvalue weighted by atomic mass is 10.1. The summed E-state index contributed by atoms with van der Waals surface area (Å²) in [7, 11) is 1.58. The lowest BCUT2D eigenvalue weighted by Gasteiger charge is -2.30. The maximum Gasteiger partial charge on any atom is 0.261 e. The summed E-state index contributed by atoms with van der Waals surface area (Å²) in [6, 6.07) is 13.6. The van der Waals surface area contributed by atoms with Gasteiger partial charge < -0.3 is 19.7 Å². The molecule has 6 nitrogen and oxygen atoms in total. The Balaban J connectivity index is 2.14. The molecular formula is C23H29ClN2O4. The summed E-state index contributed by atoms with van der Waals surface area (Å²) in [5, 5.41) is 3.47. The molecule has 30 heavy (non-hydrogen) atoms. The van der Waals surface area contributed by atoms with Crippen LogP contribution >= 0.6 is 11.6 Å². The van der Waals surface area contributed by atoms with E-state index in [1.165, 1.54) is 4.90 Å². The fourth-order valence-corrected chi connectivity index (χ4v) is 2.95. The fourth-order valence-electron chi connectivity index (χ4n) is 2.76. The zero-order valence-electron chi connectivity index (χ0n) is 17.9. The molecule has 2 aromatic carbocycles. The Morgan fingerprint density at radius 2 is 1.70 bits per heavy atom. The fraction of sp³-hybridized carbons (Fsp3) is 0.391. The van der Waals surface area contributed by atoms with Crippen molar-refractivity contribution in [2.75, 3.05) is 13.7 Å². The van der Waals surface area contributed by atoms with E-state index in [9.17, 15) is 9.59 Å². The van der Waals surface area contributed by atoms with Crippen molar-refractivity contribution in [2.45, 2.75) is 45.8 Å². The summed E-state index contributed by atoms with van der Waals surface area (Å²) >= 11 is 6.28. The lowest BCUT2D eigenvalue weighted by molar-refractivity contribution is -0.142. The molecule has 0 aliphatic heterocycles. The van der Waals surface area contributed by atoms with Gasteiger partial charge in [0, 0.05) is 17.6 Å². The molecule has 2 rings (SSSR count). The van der Waals surface area contributed by atoms with Crippen molar-refractivity contribution in [3.63, 3.8) is 0 Å². The lowest BCUT2D eigenvalue weighted by Crippen LogP contribution is -2.50. The minimum Gasteiger partial charge on any atom is -0.497 e. The molecule has 162 valence electrons. The Morgan fingerprint density at radius 1 is 1.07 bits per heavy atom. The minimum absolute atomic E-state index is 0.0211. The molecule has 0 bridgehead atoms. The number of halogens is 1. The highest BCUT2D eigenvalue weighted by molar-refractivity contribution is 6.31. The maximum absolute atomic E-state index is 13.0. The van der Waals surface area contributed by atoms with Crippen molar-refractivity contribution in [2.24, 2.45) is 0 Å². The Morgan fingerprint density at radius 3 is 2.30 bits per heavy atom. The molecule has 2 atom stereocenters. The number of hydrogen-bond donors (Lipinski definition) is 1. The van der Waals surface area contributed by atoms with Crippen LogP contribution in [0.3, 0.4) is 0 Å². The third-order valence-corrected chi connectivity index (χ3v) is 5.26. The zero-order chi connectivity index (χ0) is 22.1. The van der Waals surface area contributed by atoms with Gasteiger partial charge in [-0.2, -0.15) is 0 Å². The van der Waals surface area contributed by atoms with Crippen LogP contribution in [0, 0.1) is 0 Å². The molecule has 0 heterocycles. The zero-order valence-corrected chi connectivity index (χ0v) is 18.6. The van der Waals surface area contributed by atoms with Gasteiger partial charge in [0.2, 0.25) is 5.91 Å². The molecule has 7 heteroatoms. The average Bonchev–Trinajstić information content (AvgIpc) is 2.76. The quantitative estimate of drug-likeness (QED) is 0.614. The van der Waals surface area contributed by atoms with Crippen molar-refractivity contribution in [1.82, 2.24) is 10.2 Å². The molecule has 2 amide bonds. The van der Waals surface area contributed by atoms with Gasteiger partial charge in [-0.05, 0) is 56.2 Å². The van der Waals surface area contributed by atoms with Crippen LogP contribution in [0.25, 0.3) is 0 Å². The van der Waals surface area contributed by atoms with E-state index in [1.807, 2.05) is 32.0 Å². The summed E-state index contributed by atoms with van der Waals surface area (Å²) in [6.45, 7) is 5.64. The Kier molecular flexibility index (Phi) is 8.99. The summed E-state index contributed by atoms with van der Waals surface area (Å²) in [5.74, 6) is 0.717. The molecule has 0 aliphatic carbocycles. The van der Waals surface area contributed by atoms with Gasteiger partial charge in [0.25, 0.3) is 5.91 Å². The Hall–Kier alpha value is -2.73. The van der Waals surface area contributed by atoms with Gasteiger partial charge in [-0.1, -0.05) is 36.7 Å². The van der Waals surface area contributed by atoms with E-state index in [2.05, 4.69) is 5.32 Å². The highest BCUT2D eigenvalue weighted by atomic mass is 35.5. The highest BCUT2D eigenvalue weighted by Gasteiger charge is 2.27. The normalized spacial score (nSPS) is 12.6. The van der Waals surface area contributed by atoms with Gasteiger partial charge in [-0.15, -0.1) is 0 Å². The van der Waals surface area contributed by atoms with E-state index in [0.29, 0.717) is 16.5 Å². The summed E-state index contributed by atoms with van der Waals surface area (Å²) in [6.07, 6.45) is 0.803. The maximum atomic E-state index is 13.0. The van der Waals surface area contributed by atoms with Crippen LogP contribution in [0.15, 0.2) is 48.5 Å². The molecule has 2 aromatic rings. The number of rotatable bonds is 10. The van der Waals surface area contributed by atoms with Crippen LogP contribution in [-0.2, 0) is 16.1 Å². The molecule has 1 N–H and O–H groups in total. The first kappa shape index (κ1) is 23.5. The van der Waals surface area contributed by atoms with Crippen LogP contribution in [0.2, 0.25) is 5.02 Å². The Bertz CT molecular complexity index is 841. The van der Waals surface area contributed by atoms with Gasteiger partial charge in [-0.25, -0.2) is 0 Å². The second-order valence-corrected chi connectivity index (χ2v) is 7.48. The highest BCUT2D eigenvalue weighted by Crippen LogP contribution is 2.20. The number of nitrogens with zero attached hydrogens (tertiary/aromatic N) is 1. The van der Waals surface area contributed by atoms with Crippen LogP contribution < -0.4 is 14.8 Å². The van der Waals surface area contributed by atoms with Crippen molar-refractivity contribution in [1.29, 1.82) is 0 Å². The molecule has 0 aliphatic rings. The number of carbonyl (C=O) groups is 2. The molecule has 0 fully saturated rings. The predicted molar refractivity (Wildman–Crippen MR) is 118 cm³/mol. The van der Waals surface area contributed by atoms with Crippen molar-refractivity contribution >= 4 is 23.4 Å². The van der Waals surface area contributed by atoms with Crippen molar-refractivity contribution in [3.05, 3.63) is 59.1 Å². The minimum atomic E-state index is -0.678. The molecule has 0 radical (unpaired) electrons. The van der Waals surface area contributed by atoms with Gasteiger partial charge in [0.05, 0.1) is 7.11 Å². The summed E-state index contributed by atoms with van der Waals surface area (Å²) in [4.78, 5) is 27.2. The largest absolute Gasteiger partial charge is 0.497 e. The van der Waals surface area contributed by atoms with Gasteiger partial charge in [0.15, 0.2) is 6.61 Å². The topological polar surface area (TPSA) is 67.9 Å². The van der Waals surface area contributed by atoms with Crippen LogP contribution in [0.4, 0.5) is 0 Å². The van der Waals surface area contributed by atoms with E-state index < -0.39 is 6.04 Å². The number of amides is 2. The predicted octanol–water partition coefficient (Wildman–Crippen LogP) is 4.06. The smallest absolute Gasteiger partial charge is 0.261 e. The third kappa shape index (κ3) is 6.66. The van der Waals surface area contributed by atoms with Crippen LogP contribution in [0.5, 0.6) is 11.5 Å². The van der Waals surface area contributed by atoms with Gasteiger partial charge in [-0.3, -0.25) is 9.59 Å². The standard InChI is InChI=1S/C23H29ClN2O4/c1-5-16(2)25-23(28)17(3)26(14-18-8-6-7-9-21(18)24)22(27)15-30-20-12-10-19(29-4)11-13-20/h6-13,16-17H,5,14-15H2,1-4H3,(H,25,28). The first-order valence-electron chi connectivity index (χ1n) is 9.95.